The number of allylic oxidation sites excluding steroid dienone is 1. The zero-order chi connectivity index (χ0) is 64.4. The monoisotopic (exact) mass is 1250 g/mol. The summed E-state index contributed by atoms with van der Waals surface area (Å²) in [4.78, 5) is 128. The zero-order valence-corrected chi connectivity index (χ0v) is 51.3. The van der Waals surface area contributed by atoms with Gasteiger partial charge in [-0.2, -0.15) is 0 Å². The fourth-order valence-electron chi connectivity index (χ4n) is 8.64. The molecule has 22 nitrogen and oxygen atoms in total. The van der Waals surface area contributed by atoms with Gasteiger partial charge in [-0.25, -0.2) is 19.7 Å². The van der Waals surface area contributed by atoms with E-state index in [4.69, 9.17) is 53.9 Å². The van der Waals surface area contributed by atoms with E-state index in [1.165, 1.54) is 12.1 Å². The summed E-state index contributed by atoms with van der Waals surface area (Å²) in [5.41, 5.74) is 1.42. The van der Waals surface area contributed by atoms with Gasteiger partial charge in [0.1, 0.15) is 49.4 Å². The molecular weight excluding hydrogens is 1180 g/mol. The number of nitrogens with zero attached hydrogens (tertiary/aromatic N) is 2. The van der Waals surface area contributed by atoms with Gasteiger partial charge in [-0.15, -0.1) is 0 Å². The van der Waals surface area contributed by atoms with Crippen molar-refractivity contribution in [1.29, 1.82) is 5.26 Å². The number of esters is 10. The second-order valence-electron chi connectivity index (χ2n) is 19.0. The van der Waals surface area contributed by atoms with Crippen molar-refractivity contribution in [3.63, 3.8) is 0 Å². The molecule has 0 spiro atoms. The van der Waals surface area contributed by atoms with Crippen molar-refractivity contribution in [2.75, 3.05) is 39.6 Å². The average Bonchev–Trinajstić information content (AvgIpc) is 2.68. The molecule has 88 heavy (non-hydrogen) atoms. The zero-order valence-electron chi connectivity index (χ0n) is 49.7. The summed E-state index contributed by atoms with van der Waals surface area (Å²) in [6.07, 6.45) is 4.75. The number of nitriles is 1. The van der Waals surface area contributed by atoms with Gasteiger partial charge in [-0.1, -0.05) is 88.6 Å². The normalized spacial score (nSPS) is 16.1. The Balaban J connectivity index is 0.00000405. The highest BCUT2D eigenvalue weighted by molar-refractivity contribution is 8.24. The summed E-state index contributed by atoms with van der Waals surface area (Å²) in [7, 11) is 0. The highest BCUT2D eigenvalue weighted by Crippen LogP contribution is 2.59. The van der Waals surface area contributed by atoms with Gasteiger partial charge < -0.3 is 47.4 Å². The standard InChI is InChI=1S/C60H60N2O20S2.2C2H6/c1-4-48(63)75-32-34-77-52(67)26-24-50(65)73-30-28-37-6-18-43(19-7-37)79-56(69)39-10-14-41(15-11-39)58(71)81-46-22-23-47(55-54(46)83-60(84-55)45(36-61)62-3)82-59(72)42-16-12-40(13-17-42)57(70)80-44-20-8-38(9-21-44)29-31-74-51(66)25-27-53(68)78-35-33-76-49(64)5-2;2*1-2/h4-9,18-23,39-42H,1-2,10-17,24-35H2;2*1-2H3. The molecule has 0 aromatic heterocycles. The predicted molar refractivity (Wildman–Crippen MR) is 318 cm³/mol. The summed E-state index contributed by atoms with van der Waals surface area (Å²) in [6.45, 7) is 21.6. The summed E-state index contributed by atoms with van der Waals surface area (Å²) in [5.74, 6) is -6.79. The Morgan fingerprint density at radius 3 is 1.07 bits per heavy atom. The second-order valence-corrected chi connectivity index (χ2v) is 21.3. The van der Waals surface area contributed by atoms with Crippen LogP contribution < -0.4 is 18.9 Å². The maximum absolute atomic E-state index is 13.6. The molecule has 3 aromatic carbocycles. The molecule has 6 rings (SSSR count). The minimum absolute atomic E-state index is 0.0523. The molecule has 470 valence electrons. The minimum Gasteiger partial charge on any atom is -0.465 e. The molecule has 3 aromatic rings. The van der Waals surface area contributed by atoms with Crippen LogP contribution in [0.15, 0.2) is 106 Å². The quantitative estimate of drug-likeness (QED) is 0.0124. The van der Waals surface area contributed by atoms with E-state index >= 15 is 0 Å². The van der Waals surface area contributed by atoms with Crippen molar-refractivity contribution in [2.24, 2.45) is 23.7 Å². The van der Waals surface area contributed by atoms with E-state index in [1.54, 1.807) is 48.5 Å². The molecule has 2 saturated carbocycles. The van der Waals surface area contributed by atoms with E-state index in [0.717, 1.165) is 46.8 Å². The first-order valence-corrected chi connectivity index (χ1v) is 30.5. The van der Waals surface area contributed by atoms with Crippen LogP contribution in [0, 0.1) is 41.6 Å². The first-order chi connectivity index (χ1) is 42.5. The lowest BCUT2D eigenvalue weighted by Gasteiger charge is -2.26. The Labute approximate surface area is 519 Å². The molecule has 1 heterocycles. The third kappa shape index (κ3) is 24.2. The maximum Gasteiger partial charge on any atom is 0.330 e. The van der Waals surface area contributed by atoms with Gasteiger partial charge in [-0.05, 0) is 98.9 Å². The summed E-state index contributed by atoms with van der Waals surface area (Å²) < 4.78 is 53.1. The number of hydrogen-bond acceptors (Lipinski definition) is 23. The largest absolute Gasteiger partial charge is 0.465 e. The number of benzene rings is 3. The Morgan fingerprint density at radius 2 is 0.773 bits per heavy atom. The molecule has 0 bridgehead atoms. The Kier molecular flexibility index (Phi) is 31.9. The van der Waals surface area contributed by atoms with Crippen LogP contribution in [-0.4, -0.2) is 99.3 Å². The van der Waals surface area contributed by atoms with Crippen molar-refractivity contribution in [3.05, 3.63) is 118 Å². The van der Waals surface area contributed by atoms with Crippen molar-refractivity contribution in [3.8, 4) is 29.1 Å². The third-order valence-corrected chi connectivity index (χ3v) is 15.8. The van der Waals surface area contributed by atoms with Gasteiger partial charge in [0.25, 0.3) is 5.70 Å². The maximum atomic E-state index is 13.6. The van der Waals surface area contributed by atoms with E-state index in [9.17, 15) is 53.2 Å². The molecule has 1 aliphatic heterocycles. The number of fused-ring (bicyclic) bond motifs is 1. The van der Waals surface area contributed by atoms with Gasteiger partial charge in [0.05, 0.1) is 89.2 Å². The highest BCUT2D eigenvalue weighted by atomic mass is 32.2. The highest BCUT2D eigenvalue weighted by Gasteiger charge is 2.37. The van der Waals surface area contributed by atoms with E-state index < -0.39 is 83.4 Å². The smallest absolute Gasteiger partial charge is 0.330 e. The number of carbonyl (C=O) groups excluding carboxylic acids is 10. The Morgan fingerprint density at radius 1 is 0.477 bits per heavy atom. The molecule has 0 radical (unpaired) electrons. The van der Waals surface area contributed by atoms with Crippen LogP contribution >= 0.6 is 23.5 Å². The summed E-state index contributed by atoms with van der Waals surface area (Å²) in [5, 5.41) is 9.70. The predicted octanol–water partition coefficient (Wildman–Crippen LogP) is 10.5. The number of thioether (sulfide) groups is 2. The lowest BCUT2D eigenvalue weighted by molar-refractivity contribution is -0.152. The SMILES string of the molecule is CC.CC.[C-]#[N+]C(C#N)=C1Sc2c(OC(=O)C3CCC(C(=O)Oc4ccc(CCOC(=O)CCC(=O)OCCOC(=O)C=C)cc4)CC3)ccc(OC(=O)C3CCC(C(=O)Oc4ccc(CCOC(=O)CCC(=O)OCCOC(=O)C=C)cc4)CC3)c2S1. The molecule has 0 amide bonds. The molecule has 0 N–H and O–H groups in total. The van der Waals surface area contributed by atoms with Crippen LogP contribution in [0.25, 0.3) is 4.85 Å². The number of hydrogen-bond donors (Lipinski definition) is 0. The number of ether oxygens (including phenoxy) is 10. The summed E-state index contributed by atoms with van der Waals surface area (Å²) in [6, 6.07) is 18.3. The molecule has 2 aliphatic carbocycles. The molecule has 0 unspecified atom stereocenters. The Hall–Kier alpha value is -8.74. The molecule has 3 aliphatic rings. The van der Waals surface area contributed by atoms with Crippen LogP contribution in [0.2, 0.25) is 0 Å². The fourth-order valence-corrected chi connectivity index (χ4v) is 11.1. The van der Waals surface area contributed by atoms with Crippen LogP contribution in [0.4, 0.5) is 0 Å². The van der Waals surface area contributed by atoms with Crippen molar-refractivity contribution in [1.82, 2.24) is 0 Å². The number of rotatable bonds is 28. The van der Waals surface area contributed by atoms with Crippen LogP contribution in [-0.2, 0) is 89.2 Å². The fraction of sp³-hybridized carbons (Fsp3) is 0.438. The van der Waals surface area contributed by atoms with E-state index in [1.807, 2.05) is 33.8 Å². The van der Waals surface area contributed by atoms with Gasteiger partial charge >= 0.3 is 59.7 Å². The Bertz CT molecular complexity index is 2860. The van der Waals surface area contributed by atoms with Crippen LogP contribution in [0.3, 0.4) is 0 Å². The third-order valence-electron chi connectivity index (χ3n) is 13.2. The molecule has 0 atom stereocenters. The van der Waals surface area contributed by atoms with E-state index in [0.29, 0.717) is 89.7 Å². The topological polar surface area (TPSA) is 291 Å². The van der Waals surface area contributed by atoms with Crippen molar-refractivity contribution >= 4 is 83.2 Å². The lowest BCUT2D eigenvalue weighted by Crippen LogP contribution is -2.30. The lowest BCUT2D eigenvalue weighted by atomic mass is 9.82. The molecule has 0 saturated heterocycles. The van der Waals surface area contributed by atoms with Crippen molar-refractivity contribution < 1.29 is 95.3 Å². The van der Waals surface area contributed by atoms with Crippen LogP contribution in [0.5, 0.6) is 23.0 Å². The van der Waals surface area contributed by atoms with Gasteiger partial charge in [0, 0.05) is 25.0 Å². The number of carbonyl (C=O) groups is 10. The molecular formula is C64H72N2O20S2. The van der Waals surface area contributed by atoms with E-state index in [-0.39, 0.29) is 82.5 Å². The first-order valence-electron chi connectivity index (χ1n) is 28.9. The molecule has 2 fully saturated rings. The van der Waals surface area contributed by atoms with E-state index in [2.05, 4.69) is 18.0 Å². The van der Waals surface area contributed by atoms with Crippen LogP contribution in [0.1, 0.15) is 116 Å². The molecule has 24 heteroatoms. The van der Waals surface area contributed by atoms with Gasteiger partial charge in [0.15, 0.2) is 0 Å². The van der Waals surface area contributed by atoms with Crippen molar-refractivity contribution in [2.45, 2.75) is 127 Å². The average molecular weight is 1250 g/mol. The minimum atomic E-state index is -0.644. The second kappa shape index (κ2) is 39.1. The first kappa shape index (κ1) is 71.7. The van der Waals surface area contributed by atoms with Gasteiger partial charge in [-0.3, -0.25) is 38.4 Å². The summed E-state index contributed by atoms with van der Waals surface area (Å²) >= 11 is 2.11. The van der Waals surface area contributed by atoms with Gasteiger partial charge in [0.2, 0.25) is 0 Å².